The number of halogens is 1. The minimum atomic E-state index is -0.199. The summed E-state index contributed by atoms with van der Waals surface area (Å²) in [5.74, 6) is 1.32. The highest BCUT2D eigenvalue weighted by molar-refractivity contribution is 9.10. The lowest BCUT2D eigenvalue weighted by Gasteiger charge is -2.26. The Bertz CT molecular complexity index is 1000. The highest BCUT2D eigenvalue weighted by Gasteiger charge is 2.19. The summed E-state index contributed by atoms with van der Waals surface area (Å²) in [6.07, 6.45) is 4.56. The van der Waals surface area contributed by atoms with Gasteiger partial charge in [-0.1, -0.05) is 32.4 Å². The molecule has 0 amide bonds. The van der Waals surface area contributed by atoms with Crippen LogP contribution in [0.3, 0.4) is 0 Å². The molecule has 0 aliphatic heterocycles. The van der Waals surface area contributed by atoms with E-state index in [2.05, 4.69) is 41.7 Å². The first-order valence-electron chi connectivity index (χ1n) is 9.06. The molecule has 1 saturated carbocycles. The van der Waals surface area contributed by atoms with Crippen molar-refractivity contribution in [3.05, 3.63) is 40.4 Å². The number of fused-ring (bicyclic) bond motifs is 1. The molecule has 2 aromatic heterocycles. The zero-order valence-corrected chi connectivity index (χ0v) is 17.4. The molecule has 9 heteroatoms. The standard InChI is InChI=1S/C19H20BrN5O2S/c20-12-1-6-15-16(9-12)28-19(23-15)25-18-8-11(10-21-27)7-17(24-18)22-13-2-4-14(26)5-3-13/h1,6-10,13-14,26-27H,2-5H2,(H2,22,23,24,25)/b21-10+/t13-,14-. The molecule has 1 fully saturated rings. The van der Waals surface area contributed by atoms with E-state index in [1.807, 2.05) is 24.3 Å². The lowest BCUT2D eigenvalue weighted by Crippen LogP contribution is -2.28. The molecule has 28 heavy (non-hydrogen) atoms. The van der Waals surface area contributed by atoms with Gasteiger partial charge in [-0.15, -0.1) is 0 Å². The first kappa shape index (κ1) is 19.1. The Balaban J connectivity index is 1.57. The molecular weight excluding hydrogens is 442 g/mol. The van der Waals surface area contributed by atoms with Gasteiger partial charge in [0, 0.05) is 16.1 Å². The molecule has 0 atom stereocenters. The first-order chi connectivity index (χ1) is 13.6. The number of nitrogens with zero attached hydrogens (tertiary/aromatic N) is 3. The number of thiazole rings is 1. The molecule has 1 aliphatic rings. The van der Waals surface area contributed by atoms with Crippen LogP contribution in [0.2, 0.25) is 0 Å². The lowest BCUT2D eigenvalue weighted by molar-refractivity contribution is 0.126. The van der Waals surface area contributed by atoms with Gasteiger partial charge in [-0.05, 0) is 56.0 Å². The summed E-state index contributed by atoms with van der Waals surface area (Å²) in [5.41, 5.74) is 1.64. The smallest absolute Gasteiger partial charge is 0.189 e. The van der Waals surface area contributed by atoms with E-state index < -0.39 is 0 Å². The predicted molar refractivity (Wildman–Crippen MR) is 116 cm³/mol. The van der Waals surface area contributed by atoms with Crippen molar-refractivity contribution in [3.8, 4) is 0 Å². The minimum Gasteiger partial charge on any atom is -0.411 e. The Morgan fingerprint density at radius 2 is 1.89 bits per heavy atom. The maximum atomic E-state index is 9.69. The number of aliphatic hydroxyl groups excluding tert-OH is 1. The summed E-state index contributed by atoms with van der Waals surface area (Å²) in [6.45, 7) is 0. The molecule has 4 N–H and O–H groups in total. The molecule has 3 aromatic rings. The Morgan fingerprint density at radius 1 is 1.11 bits per heavy atom. The van der Waals surface area contributed by atoms with Crippen molar-refractivity contribution in [3.63, 3.8) is 0 Å². The number of aromatic nitrogens is 2. The SMILES string of the molecule is O/N=C/c1cc(Nc2nc3ccc(Br)cc3s2)nc(N[C@H]2CC[C@H](O)CC2)c1. The van der Waals surface area contributed by atoms with E-state index in [9.17, 15) is 5.11 Å². The highest BCUT2D eigenvalue weighted by atomic mass is 79.9. The minimum absolute atomic E-state index is 0.199. The van der Waals surface area contributed by atoms with E-state index in [4.69, 9.17) is 5.21 Å². The fourth-order valence-electron chi connectivity index (χ4n) is 3.32. The largest absolute Gasteiger partial charge is 0.411 e. The number of nitrogens with one attached hydrogen (secondary N) is 2. The molecule has 7 nitrogen and oxygen atoms in total. The van der Waals surface area contributed by atoms with E-state index in [0.717, 1.165) is 51.1 Å². The van der Waals surface area contributed by atoms with Crippen molar-refractivity contribution in [1.29, 1.82) is 0 Å². The number of hydrogen-bond donors (Lipinski definition) is 4. The van der Waals surface area contributed by atoms with E-state index in [1.165, 1.54) is 6.21 Å². The molecule has 0 spiro atoms. The molecule has 2 heterocycles. The van der Waals surface area contributed by atoms with Gasteiger partial charge in [0.2, 0.25) is 0 Å². The van der Waals surface area contributed by atoms with Gasteiger partial charge in [0.25, 0.3) is 0 Å². The van der Waals surface area contributed by atoms with Crippen molar-refractivity contribution in [2.24, 2.45) is 5.16 Å². The van der Waals surface area contributed by atoms with E-state index in [-0.39, 0.29) is 12.1 Å². The van der Waals surface area contributed by atoms with Crippen LogP contribution in [0.1, 0.15) is 31.2 Å². The van der Waals surface area contributed by atoms with Crippen LogP contribution in [-0.4, -0.2) is 38.6 Å². The maximum absolute atomic E-state index is 9.69. The second-order valence-electron chi connectivity index (χ2n) is 6.82. The molecule has 0 unspecified atom stereocenters. The van der Waals surface area contributed by atoms with Gasteiger partial charge < -0.3 is 20.9 Å². The topological polar surface area (TPSA) is 103 Å². The summed E-state index contributed by atoms with van der Waals surface area (Å²) in [6, 6.07) is 9.87. The normalized spacial score (nSPS) is 19.9. The number of benzene rings is 1. The number of aliphatic hydroxyl groups is 1. The molecule has 0 saturated heterocycles. The third-order valence-corrected chi connectivity index (χ3v) is 6.12. The third kappa shape index (κ3) is 4.60. The molecule has 4 rings (SSSR count). The molecule has 1 aromatic carbocycles. The molecular formula is C19H20BrN5O2S. The van der Waals surface area contributed by atoms with Crippen LogP contribution >= 0.6 is 27.3 Å². The number of oxime groups is 1. The van der Waals surface area contributed by atoms with Crippen LogP contribution in [0.25, 0.3) is 10.2 Å². The number of hydrogen-bond acceptors (Lipinski definition) is 8. The monoisotopic (exact) mass is 461 g/mol. The average Bonchev–Trinajstić information content (AvgIpc) is 3.05. The Kier molecular flexibility index (Phi) is 5.74. The van der Waals surface area contributed by atoms with Crippen LogP contribution in [-0.2, 0) is 0 Å². The highest BCUT2D eigenvalue weighted by Crippen LogP contribution is 2.30. The van der Waals surface area contributed by atoms with Gasteiger partial charge in [0.15, 0.2) is 5.13 Å². The zero-order chi connectivity index (χ0) is 19.5. The van der Waals surface area contributed by atoms with Gasteiger partial charge in [0.05, 0.1) is 22.5 Å². The maximum Gasteiger partial charge on any atom is 0.189 e. The molecule has 0 radical (unpaired) electrons. The van der Waals surface area contributed by atoms with E-state index in [0.29, 0.717) is 11.6 Å². The van der Waals surface area contributed by atoms with Crippen LogP contribution < -0.4 is 10.6 Å². The molecule has 146 valence electrons. The number of pyridine rings is 1. The third-order valence-electron chi connectivity index (χ3n) is 4.69. The molecule has 1 aliphatic carbocycles. The van der Waals surface area contributed by atoms with Crippen molar-refractivity contribution >= 4 is 60.5 Å². The van der Waals surface area contributed by atoms with Crippen molar-refractivity contribution < 1.29 is 10.3 Å². The Labute approximate surface area is 174 Å². The summed E-state index contributed by atoms with van der Waals surface area (Å²) < 4.78 is 2.09. The van der Waals surface area contributed by atoms with Gasteiger partial charge in [0.1, 0.15) is 11.6 Å². The lowest BCUT2D eigenvalue weighted by atomic mass is 9.93. The summed E-state index contributed by atoms with van der Waals surface area (Å²) in [7, 11) is 0. The van der Waals surface area contributed by atoms with Crippen molar-refractivity contribution in [2.75, 3.05) is 10.6 Å². The Morgan fingerprint density at radius 3 is 2.68 bits per heavy atom. The van der Waals surface area contributed by atoms with Crippen LogP contribution in [0.4, 0.5) is 16.8 Å². The quantitative estimate of drug-likeness (QED) is 0.249. The fraction of sp³-hybridized carbons (Fsp3) is 0.316. The van der Waals surface area contributed by atoms with Gasteiger partial charge in [-0.2, -0.15) is 0 Å². The van der Waals surface area contributed by atoms with Gasteiger partial charge >= 0.3 is 0 Å². The van der Waals surface area contributed by atoms with Crippen LogP contribution in [0.15, 0.2) is 40.0 Å². The predicted octanol–water partition coefficient (Wildman–Crippen LogP) is 4.72. The summed E-state index contributed by atoms with van der Waals surface area (Å²) >= 11 is 5.02. The zero-order valence-electron chi connectivity index (χ0n) is 15.0. The number of rotatable bonds is 5. The second-order valence-corrected chi connectivity index (χ2v) is 8.77. The van der Waals surface area contributed by atoms with E-state index >= 15 is 0 Å². The summed E-state index contributed by atoms with van der Waals surface area (Å²) in [4.78, 5) is 9.23. The summed E-state index contributed by atoms with van der Waals surface area (Å²) in [5, 5.41) is 29.2. The fourth-order valence-corrected chi connectivity index (χ4v) is 4.75. The Hall–Kier alpha value is -2.23. The van der Waals surface area contributed by atoms with Gasteiger partial charge in [-0.3, -0.25) is 0 Å². The van der Waals surface area contributed by atoms with Crippen molar-refractivity contribution in [2.45, 2.75) is 37.8 Å². The van der Waals surface area contributed by atoms with E-state index in [1.54, 1.807) is 17.4 Å². The van der Waals surface area contributed by atoms with Crippen LogP contribution in [0.5, 0.6) is 0 Å². The average molecular weight is 462 g/mol. The van der Waals surface area contributed by atoms with Gasteiger partial charge in [-0.25, -0.2) is 9.97 Å². The van der Waals surface area contributed by atoms with Crippen LogP contribution in [0, 0.1) is 0 Å². The second kappa shape index (κ2) is 8.42. The molecule has 0 bridgehead atoms. The van der Waals surface area contributed by atoms with Crippen molar-refractivity contribution in [1.82, 2.24) is 9.97 Å². The first-order valence-corrected chi connectivity index (χ1v) is 10.7. The number of anilines is 3.